The highest BCUT2D eigenvalue weighted by Gasteiger charge is 1.98. The number of aliphatic carboxylic acids is 1. The highest BCUT2D eigenvalue weighted by Crippen LogP contribution is 1.75. The molecule has 4 heteroatoms. The molecule has 4 nitrogen and oxygen atoms in total. The van der Waals surface area contributed by atoms with Crippen LogP contribution in [0.4, 0.5) is 0 Å². The third kappa shape index (κ3) is 19.2. The Morgan fingerprint density at radius 1 is 1.56 bits per heavy atom. The van der Waals surface area contributed by atoms with Crippen molar-refractivity contribution in [3.63, 3.8) is 0 Å². The van der Waals surface area contributed by atoms with Crippen LogP contribution >= 0.6 is 0 Å². The Balaban J connectivity index is 0. The van der Waals surface area contributed by atoms with E-state index >= 15 is 0 Å². The maximum atomic E-state index is 9.65. The Morgan fingerprint density at radius 2 is 1.89 bits per heavy atom. The lowest BCUT2D eigenvalue weighted by molar-refractivity contribution is -0.137. The first-order valence-electron chi connectivity index (χ1n) is 2.36. The van der Waals surface area contributed by atoms with E-state index in [1.807, 2.05) is 0 Å². The second-order valence-corrected chi connectivity index (χ2v) is 1.26. The van der Waals surface area contributed by atoms with Crippen molar-refractivity contribution in [1.29, 1.82) is 0 Å². The third-order valence-electron chi connectivity index (χ3n) is 0.410. The van der Waals surface area contributed by atoms with Gasteiger partial charge in [0.15, 0.2) is 0 Å². The lowest BCUT2D eigenvalue weighted by Crippen LogP contribution is -2.32. The van der Waals surface area contributed by atoms with Gasteiger partial charge < -0.3 is 16.6 Å². The molecule has 0 bridgehead atoms. The molecule has 0 unspecified atom stereocenters. The van der Waals surface area contributed by atoms with Crippen molar-refractivity contribution >= 4 is 5.97 Å². The van der Waals surface area contributed by atoms with Crippen molar-refractivity contribution in [2.24, 2.45) is 11.5 Å². The molecule has 0 heterocycles. The first-order valence-corrected chi connectivity index (χ1v) is 2.36. The number of carbonyl (C=O) groups is 1. The predicted molar refractivity (Wildman–Crippen MR) is 35.7 cm³/mol. The first-order chi connectivity index (χ1) is 4.13. The minimum absolute atomic E-state index is 0.167. The van der Waals surface area contributed by atoms with Crippen LogP contribution in [0.15, 0.2) is 13.2 Å². The van der Waals surface area contributed by atoms with Gasteiger partial charge in [-0.15, -0.1) is 13.2 Å². The SMILES string of the molecule is C=C.NC(N)CC(=O)O. The van der Waals surface area contributed by atoms with E-state index in [0.29, 0.717) is 0 Å². The molecule has 9 heavy (non-hydrogen) atoms. The van der Waals surface area contributed by atoms with Crippen LogP contribution in [0.5, 0.6) is 0 Å². The highest BCUT2D eigenvalue weighted by atomic mass is 16.4. The van der Waals surface area contributed by atoms with E-state index < -0.39 is 12.1 Å². The Hall–Kier alpha value is -0.870. The largest absolute Gasteiger partial charge is 0.481 e. The molecule has 0 amide bonds. The van der Waals surface area contributed by atoms with Crippen LogP contribution in [0.1, 0.15) is 6.42 Å². The molecule has 0 atom stereocenters. The number of nitrogens with two attached hydrogens (primary N) is 2. The van der Waals surface area contributed by atoms with Crippen LogP contribution in [0.2, 0.25) is 0 Å². The van der Waals surface area contributed by atoms with Crippen LogP contribution in [-0.4, -0.2) is 17.2 Å². The minimum Gasteiger partial charge on any atom is -0.481 e. The zero-order valence-electron chi connectivity index (χ0n) is 5.21. The smallest absolute Gasteiger partial charge is 0.306 e. The van der Waals surface area contributed by atoms with Crippen molar-refractivity contribution < 1.29 is 9.90 Å². The number of carboxylic acids is 1. The normalized spacial score (nSPS) is 7.89. The predicted octanol–water partition coefficient (Wildman–Crippen LogP) is -0.493. The molecule has 0 rings (SSSR count). The van der Waals surface area contributed by atoms with Gasteiger partial charge in [-0.2, -0.15) is 0 Å². The van der Waals surface area contributed by atoms with Crippen LogP contribution < -0.4 is 11.5 Å². The molecule has 5 N–H and O–H groups in total. The lowest BCUT2D eigenvalue weighted by atomic mass is 10.4. The molecule has 0 saturated carbocycles. The van der Waals surface area contributed by atoms with Crippen LogP contribution in [0, 0.1) is 0 Å². The fraction of sp³-hybridized carbons (Fsp3) is 0.400. The third-order valence-corrected chi connectivity index (χ3v) is 0.410. The van der Waals surface area contributed by atoms with Crippen LogP contribution in [0.25, 0.3) is 0 Å². The second-order valence-electron chi connectivity index (χ2n) is 1.26. The molecule has 0 aliphatic heterocycles. The van der Waals surface area contributed by atoms with Gasteiger partial charge in [-0.1, -0.05) is 0 Å². The highest BCUT2D eigenvalue weighted by molar-refractivity contribution is 5.67. The average molecular weight is 132 g/mol. The minimum atomic E-state index is -0.963. The maximum Gasteiger partial charge on any atom is 0.306 e. The molecule has 0 aromatic carbocycles. The van der Waals surface area contributed by atoms with Crippen molar-refractivity contribution in [3.05, 3.63) is 13.2 Å². The summed E-state index contributed by atoms with van der Waals surface area (Å²) < 4.78 is 0. The molecular formula is C5H12N2O2. The summed E-state index contributed by atoms with van der Waals surface area (Å²) in [5.41, 5.74) is 9.78. The maximum absolute atomic E-state index is 9.65. The summed E-state index contributed by atoms with van der Waals surface area (Å²) >= 11 is 0. The molecule has 0 aliphatic rings. The standard InChI is InChI=1S/C3H8N2O2.C2H4/c4-2(5)1-3(6)7;1-2/h2H,1,4-5H2,(H,6,7);1-2H2. The van der Waals surface area contributed by atoms with E-state index in [1.54, 1.807) is 0 Å². The topological polar surface area (TPSA) is 89.3 Å². The molecule has 0 aromatic rings. The summed E-state index contributed by atoms with van der Waals surface area (Å²) in [6.07, 6.45) is -0.891. The molecule has 0 spiro atoms. The summed E-state index contributed by atoms with van der Waals surface area (Å²) in [6, 6.07) is 0. The number of carboxylic acid groups (broad SMARTS) is 1. The van der Waals surface area contributed by atoms with Crippen molar-refractivity contribution in [2.75, 3.05) is 0 Å². The summed E-state index contributed by atoms with van der Waals surface area (Å²) in [7, 11) is 0. The molecule has 0 radical (unpaired) electrons. The van der Waals surface area contributed by atoms with E-state index in [9.17, 15) is 4.79 Å². The number of rotatable bonds is 2. The number of hydrogen-bond donors (Lipinski definition) is 3. The quantitative estimate of drug-likeness (QED) is 0.349. The van der Waals surface area contributed by atoms with Gasteiger partial charge in [-0.25, -0.2) is 0 Å². The zero-order chi connectivity index (χ0) is 7.86. The van der Waals surface area contributed by atoms with Gasteiger partial charge in [0.25, 0.3) is 0 Å². The van der Waals surface area contributed by atoms with Gasteiger partial charge in [0.1, 0.15) is 0 Å². The Labute approximate surface area is 54.2 Å². The van der Waals surface area contributed by atoms with Crippen molar-refractivity contribution in [3.8, 4) is 0 Å². The molecule has 54 valence electrons. The molecule has 0 fully saturated rings. The van der Waals surface area contributed by atoms with Crippen LogP contribution in [-0.2, 0) is 4.79 Å². The van der Waals surface area contributed by atoms with Gasteiger partial charge in [0.2, 0.25) is 0 Å². The van der Waals surface area contributed by atoms with Gasteiger partial charge in [0.05, 0.1) is 12.6 Å². The fourth-order valence-corrected chi connectivity index (χ4v) is 0.202. The first kappa shape index (κ1) is 11.0. The number of hydrogen-bond acceptors (Lipinski definition) is 3. The Morgan fingerprint density at radius 3 is 1.89 bits per heavy atom. The van der Waals surface area contributed by atoms with Gasteiger partial charge in [0, 0.05) is 0 Å². The summed E-state index contributed by atoms with van der Waals surface area (Å²) in [5, 5.41) is 7.92. The summed E-state index contributed by atoms with van der Waals surface area (Å²) in [6.45, 7) is 6.00. The fourth-order valence-electron chi connectivity index (χ4n) is 0.202. The molecule has 0 aliphatic carbocycles. The van der Waals surface area contributed by atoms with E-state index in [4.69, 9.17) is 16.6 Å². The Kier molecular flexibility index (Phi) is 8.71. The average Bonchev–Trinajstić information content (AvgIpc) is 1.68. The lowest BCUT2D eigenvalue weighted by Gasteiger charge is -1.95. The van der Waals surface area contributed by atoms with E-state index in [2.05, 4.69) is 13.2 Å². The van der Waals surface area contributed by atoms with Crippen LogP contribution in [0.3, 0.4) is 0 Å². The Bertz CT molecular complexity index is 83.0. The van der Waals surface area contributed by atoms with Crippen molar-refractivity contribution in [2.45, 2.75) is 12.6 Å². The van der Waals surface area contributed by atoms with Gasteiger partial charge in [-0.05, 0) is 0 Å². The second kappa shape index (κ2) is 7.13. The van der Waals surface area contributed by atoms with Gasteiger partial charge in [-0.3, -0.25) is 4.79 Å². The van der Waals surface area contributed by atoms with E-state index in [1.165, 1.54) is 0 Å². The monoisotopic (exact) mass is 132 g/mol. The zero-order valence-corrected chi connectivity index (χ0v) is 5.21. The van der Waals surface area contributed by atoms with E-state index in [-0.39, 0.29) is 6.42 Å². The van der Waals surface area contributed by atoms with Gasteiger partial charge >= 0.3 is 5.97 Å². The summed E-state index contributed by atoms with van der Waals surface area (Å²) in [5.74, 6) is -0.963. The van der Waals surface area contributed by atoms with E-state index in [0.717, 1.165) is 0 Å². The van der Waals surface area contributed by atoms with Crippen molar-refractivity contribution in [1.82, 2.24) is 0 Å². The molecule has 0 saturated heterocycles. The summed E-state index contributed by atoms with van der Waals surface area (Å²) in [4.78, 5) is 9.65. The molecule has 0 aromatic heterocycles. The molecular weight excluding hydrogens is 120 g/mol.